The number of carbonyl (C=O) groups is 1. The number of aromatic amines is 1. The maximum Gasteiger partial charge on any atom is 0.407 e. The lowest BCUT2D eigenvalue weighted by Crippen LogP contribution is -2.38. The molecule has 0 atom stereocenters. The van der Waals surface area contributed by atoms with Gasteiger partial charge in [0.25, 0.3) is 0 Å². The van der Waals surface area contributed by atoms with E-state index in [0.29, 0.717) is 31.5 Å². The summed E-state index contributed by atoms with van der Waals surface area (Å²) in [6.45, 7) is 7.00. The Morgan fingerprint density at radius 2 is 2.20 bits per heavy atom. The lowest BCUT2D eigenvalue weighted by atomic mass is 9.98. The topological polar surface area (TPSA) is 90.5 Å². The van der Waals surface area contributed by atoms with E-state index in [2.05, 4.69) is 29.4 Å². The van der Waals surface area contributed by atoms with Crippen LogP contribution in [0.15, 0.2) is 18.2 Å². The maximum absolute atomic E-state index is 10.9. The molecular weight excluding hydrogens is 320 g/mol. The number of carboxylic acid groups (broad SMARTS) is 1. The number of H-pyrrole nitrogens is 1. The van der Waals surface area contributed by atoms with Crippen molar-refractivity contribution in [1.82, 2.24) is 15.1 Å². The van der Waals surface area contributed by atoms with Crippen molar-refractivity contribution in [2.24, 2.45) is 11.8 Å². The van der Waals surface area contributed by atoms with Gasteiger partial charge in [-0.05, 0) is 36.8 Å². The molecule has 25 heavy (non-hydrogen) atoms. The number of rotatable bonds is 6. The molecule has 7 heteroatoms. The van der Waals surface area contributed by atoms with E-state index in [1.54, 1.807) is 0 Å². The third-order valence-corrected chi connectivity index (χ3v) is 4.58. The maximum atomic E-state index is 10.9. The summed E-state index contributed by atoms with van der Waals surface area (Å²) in [4.78, 5) is 12.4. The molecule has 1 aromatic carbocycles. The fourth-order valence-electron chi connectivity index (χ4n) is 3.03. The Morgan fingerprint density at radius 1 is 1.44 bits per heavy atom. The van der Waals surface area contributed by atoms with E-state index in [1.165, 1.54) is 4.90 Å². The second-order valence-corrected chi connectivity index (χ2v) is 7.08. The van der Waals surface area contributed by atoms with Crippen molar-refractivity contribution in [1.29, 1.82) is 0 Å². The van der Waals surface area contributed by atoms with Gasteiger partial charge in [-0.3, -0.25) is 5.10 Å². The number of hydrogen-bond donors (Lipinski definition) is 3. The molecule has 0 spiro atoms. The van der Waals surface area contributed by atoms with E-state index in [4.69, 9.17) is 9.84 Å². The number of benzene rings is 1. The van der Waals surface area contributed by atoms with Crippen molar-refractivity contribution < 1.29 is 14.6 Å². The van der Waals surface area contributed by atoms with E-state index in [1.807, 2.05) is 18.2 Å². The molecule has 3 rings (SSSR count). The first-order chi connectivity index (χ1) is 12.0. The van der Waals surface area contributed by atoms with E-state index >= 15 is 0 Å². The van der Waals surface area contributed by atoms with Crippen LogP contribution in [0.5, 0.6) is 5.75 Å². The van der Waals surface area contributed by atoms with Crippen molar-refractivity contribution in [3.63, 3.8) is 0 Å². The molecule has 1 fully saturated rings. The molecule has 1 aliphatic heterocycles. The number of anilines is 1. The minimum atomic E-state index is -0.828. The molecule has 0 saturated carbocycles. The van der Waals surface area contributed by atoms with Crippen molar-refractivity contribution in [3.8, 4) is 5.75 Å². The van der Waals surface area contributed by atoms with Crippen molar-refractivity contribution in [2.45, 2.75) is 26.7 Å². The lowest BCUT2D eigenvalue weighted by molar-refractivity contribution is 0.111. The summed E-state index contributed by atoms with van der Waals surface area (Å²) in [5, 5.41) is 20.8. The first-order valence-corrected chi connectivity index (χ1v) is 8.85. The number of nitrogens with zero attached hydrogens (tertiary/aromatic N) is 2. The van der Waals surface area contributed by atoms with Gasteiger partial charge in [0, 0.05) is 31.1 Å². The molecule has 0 bridgehead atoms. The summed E-state index contributed by atoms with van der Waals surface area (Å²) in [5.41, 5.74) is 0.949. The molecule has 0 aliphatic carbocycles. The van der Waals surface area contributed by atoms with Crippen LogP contribution in [0.25, 0.3) is 10.9 Å². The normalized spacial score (nSPS) is 15.7. The average Bonchev–Trinajstić information content (AvgIpc) is 3.00. The van der Waals surface area contributed by atoms with Crippen LogP contribution in [-0.2, 0) is 0 Å². The molecule has 1 aromatic heterocycles. The van der Waals surface area contributed by atoms with Crippen molar-refractivity contribution in [2.75, 3.05) is 31.6 Å². The smallest absolute Gasteiger partial charge is 0.407 e. The summed E-state index contributed by atoms with van der Waals surface area (Å²) in [6.07, 6.45) is 0.870. The number of hydrogen-bond acceptors (Lipinski definition) is 4. The van der Waals surface area contributed by atoms with E-state index in [0.717, 1.165) is 41.9 Å². The second-order valence-electron chi connectivity index (χ2n) is 7.08. The van der Waals surface area contributed by atoms with Crippen LogP contribution in [0.2, 0.25) is 0 Å². The summed E-state index contributed by atoms with van der Waals surface area (Å²) < 4.78 is 5.92. The number of ether oxygens (including phenoxy) is 1. The van der Waals surface area contributed by atoms with Gasteiger partial charge in [-0.15, -0.1) is 0 Å². The molecule has 2 aromatic rings. The number of likely N-dealkylation sites (tertiary alicyclic amines) is 1. The van der Waals surface area contributed by atoms with Crippen LogP contribution in [0.3, 0.4) is 0 Å². The fraction of sp³-hybridized carbons (Fsp3) is 0.556. The largest absolute Gasteiger partial charge is 0.493 e. The number of piperidine rings is 1. The van der Waals surface area contributed by atoms with Gasteiger partial charge in [0.05, 0.1) is 12.1 Å². The first kappa shape index (κ1) is 17.4. The number of aromatic nitrogens is 2. The van der Waals surface area contributed by atoms with Crippen LogP contribution in [0.1, 0.15) is 26.7 Å². The SMILES string of the molecule is CC(C)CNc1n[nH]c2cc(OCC3CCN(C(=O)O)CC3)ccc12. The van der Waals surface area contributed by atoms with Gasteiger partial charge in [0.2, 0.25) is 0 Å². The lowest BCUT2D eigenvalue weighted by Gasteiger charge is -2.29. The zero-order valence-corrected chi connectivity index (χ0v) is 14.8. The molecule has 2 heterocycles. The molecule has 0 unspecified atom stereocenters. The standard InChI is InChI=1S/C18H26N4O3/c1-12(2)10-19-17-15-4-3-14(9-16(15)20-21-17)25-11-13-5-7-22(8-6-13)18(23)24/h3-4,9,12-13H,5-8,10-11H2,1-2H3,(H,23,24)(H2,19,20,21). The summed E-state index contributed by atoms with van der Waals surface area (Å²) in [5.74, 6) is 2.64. The summed E-state index contributed by atoms with van der Waals surface area (Å²) in [7, 11) is 0. The Labute approximate surface area is 147 Å². The molecule has 1 amide bonds. The molecule has 3 N–H and O–H groups in total. The molecule has 1 aliphatic rings. The Bertz CT molecular complexity index is 720. The van der Waals surface area contributed by atoms with E-state index < -0.39 is 6.09 Å². The van der Waals surface area contributed by atoms with Gasteiger partial charge in [0.1, 0.15) is 5.75 Å². The van der Waals surface area contributed by atoms with Crippen molar-refractivity contribution in [3.05, 3.63) is 18.2 Å². The molecular formula is C18H26N4O3. The van der Waals surface area contributed by atoms with E-state index in [9.17, 15) is 4.79 Å². The highest BCUT2D eigenvalue weighted by atomic mass is 16.5. The molecule has 0 radical (unpaired) electrons. The fourth-order valence-corrected chi connectivity index (χ4v) is 3.03. The Morgan fingerprint density at radius 3 is 2.88 bits per heavy atom. The molecule has 136 valence electrons. The summed E-state index contributed by atoms with van der Waals surface area (Å²) >= 11 is 0. The molecule has 7 nitrogen and oxygen atoms in total. The molecule has 1 saturated heterocycles. The number of nitrogens with one attached hydrogen (secondary N) is 2. The van der Waals surface area contributed by atoms with Gasteiger partial charge in [-0.25, -0.2) is 4.79 Å². The van der Waals surface area contributed by atoms with Crippen LogP contribution < -0.4 is 10.1 Å². The predicted molar refractivity (Wildman–Crippen MR) is 97.2 cm³/mol. The highest BCUT2D eigenvalue weighted by Gasteiger charge is 2.22. The number of fused-ring (bicyclic) bond motifs is 1. The minimum Gasteiger partial charge on any atom is -0.493 e. The summed E-state index contributed by atoms with van der Waals surface area (Å²) in [6, 6.07) is 5.95. The van der Waals surface area contributed by atoms with Gasteiger partial charge >= 0.3 is 6.09 Å². The van der Waals surface area contributed by atoms with Gasteiger partial charge in [-0.1, -0.05) is 13.8 Å². The number of amides is 1. The van der Waals surface area contributed by atoms with Crippen LogP contribution in [-0.4, -0.2) is 52.5 Å². The van der Waals surface area contributed by atoms with Gasteiger partial charge in [-0.2, -0.15) is 5.10 Å². The van der Waals surface area contributed by atoms with Crippen LogP contribution in [0, 0.1) is 11.8 Å². The quantitative estimate of drug-likeness (QED) is 0.746. The Kier molecular flexibility index (Phi) is 5.31. The van der Waals surface area contributed by atoms with Gasteiger partial charge in [0.15, 0.2) is 5.82 Å². The Hall–Kier alpha value is -2.44. The zero-order valence-electron chi connectivity index (χ0n) is 14.8. The highest BCUT2D eigenvalue weighted by molar-refractivity contribution is 5.90. The third-order valence-electron chi connectivity index (χ3n) is 4.58. The first-order valence-electron chi connectivity index (χ1n) is 8.85. The monoisotopic (exact) mass is 346 g/mol. The van der Waals surface area contributed by atoms with Crippen LogP contribution >= 0.6 is 0 Å². The highest BCUT2D eigenvalue weighted by Crippen LogP contribution is 2.26. The zero-order chi connectivity index (χ0) is 17.8. The second kappa shape index (κ2) is 7.63. The Balaban J connectivity index is 1.55. The van der Waals surface area contributed by atoms with E-state index in [-0.39, 0.29) is 0 Å². The predicted octanol–water partition coefficient (Wildman–Crippen LogP) is 3.40. The van der Waals surface area contributed by atoms with Crippen LogP contribution in [0.4, 0.5) is 10.6 Å². The van der Waals surface area contributed by atoms with Crippen molar-refractivity contribution >= 4 is 22.8 Å². The third kappa shape index (κ3) is 4.35. The minimum absolute atomic E-state index is 0.399. The van der Waals surface area contributed by atoms with Gasteiger partial charge < -0.3 is 20.1 Å². The average molecular weight is 346 g/mol.